The summed E-state index contributed by atoms with van der Waals surface area (Å²) in [7, 11) is 1.80. The highest BCUT2D eigenvalue weighted by Crippen LogP contribution is 2.21. The van der Waals surface area contributed by atoms with E-state index in [-0.39, 0.29) is 17.9 Å². The van der Waals surface area contributed by atoms with Crippen molar-refractivity contribution in [2.45, 2.75) is 19.9 Å². The van der Waals surface area contributed by atoms with Crippen molar-refractivity contribution < 1.29 is 4.79 Å². The van der Waals surface area contributed by atoms with Gasteiger partial charge in [-0.2, -0.15) is 5.10 Å². The number of thiazole rings is 1. The number of nitrogens with one attached hydrogen (secondary N) is 1. The van der Waals surface area contributed by atoms with E-state index in [1.807, 2.05) is 13.8 Å². The van der Waals surface area contributed by atoms with Crippen LogP contribution in [0.5, 0.6) is 0 Å². The fourth-order valence-corrected chi connectivity index (χ4v) is 2.31. The zero-order valence-corrected chi connectivity index (χ0v) is 11.8. The van der Waals surface area contributed by atoms with Crippen molar-refractivity contribution in [3.8, 4) is 0 Å². The summed E-state index contributed by atoms with van der Waals surface area (Å²) in [5.41, 5.74) is 5.53. The first kappa shape index (κ1) is 13.5. The molecule has 7 nitrogen and oxygen atoms in total. The summed E-state index contributed by atoms with van der Waals surface area (Å²) >= 11 is 1.16. The summed E-state index contributed by atoms with van der Waals surface area (Å²) in [6.07, 6.45) is 2.95. The Morgan fingerprint density at radius 1 is 1.47 bits per heavy atom. The number of carbonyl (C=O) groups is 1. The van der Waals surface area contributed by atoms with Crippen molar-refractivity contribution in [3.05, 3.63) is 23.2 Å². The molecule has 1 amide bonds. The molecule has 19 heavy (non-hydrogen) atoms. The number of aryl methyl sites for hydroxylation is 1. The monoisotopic (exact) mass is 280 g/mol. The van der Waals surface area contributed by atoms with Crippen LogP contribution in [0, 0.1) is 5.92 Å². The van der Waals surface area contributed by atoms with Crippen LogP contribution in [0.25, 0.3) is 0 Å². The van der Waals surface area contributed by atoms with E-state index in [9.17, 15) is 4.79 Å². The Bertz CT molecular complexity index is 575. The fraction of sp³-hybridized carbons (Fsp3) is 0.455. The van der Waals surface area contributed by atoms with Crippen LogP contribution < -0.4 is 11.1 Å². The van der Waals surface area contributed by atoms with Gasteiger partial charge in [-0.05, 0) is 5.92 Å². The quantitative estimate of drug-likeness (QED) is 0.869. The minimum Gasteiger partial charge on any atom is -0.375 e. The third-order valence-electron chi connectivity index (χ3n) is 2.73. The number of hydrogen-bond acceptors (Lipinski definition) is 6. The summed E-state index contributed by atoms with van der Waals surface area (Å²) in [6.45, 7) is 4.03. The molecule has 0 bridgehead atoms. The molecule has 1 atom stereocenters. The number of amides is 1. The molecule has 102 valence electrons. The Morgan fingerprint density at radius 2 is 2.21 bits per heavy atom. The van der Waals surface area contributed by atoms with Crippen LogP contribution in [0.15, 0.2) is 12.5 Å². The maximum absolute atomic E-state index is 12.1. The molecule has 0 radical (unpaired) electrons. The third kappa shape index (κ3) is 2.90. The number of nitrogen functional groups attached to an aromatic ring is 1. The van der Waals surface area contributed by atoms with E-state index in [0.717, 1.165) is 17.2 Å². The molecule has 0 unspecified atom stereocenters. The first-order chi connectivity index (χ1) is 8.99. The maximum Gasteiger partial charge on any atom is 0.263 e. The second-order valence-corrected chi connectivity index (χ2v) is 5.56. The lowest BCUT2D eigenvalue weighted by atomic mass is 10.0. The van der Waals surface area contributed by atoms with Gasteiger partial charge in [-0.25, -0.2) is 9.97 Å². The molecule has 2 rings (SSSR count). The van der Waals surface area contributed by atoms with Gasteiger partial charge < -0.3 is 11.1 Å². The molecule has 0 aliphatic rings. The smallest absolute Gasteiger partial charge is 0.263 e. The van der Waals surface area contributed by atoms with E-state index in [0.29, 0.717) is 10.0 Å². The number of anilines is 1. The number of hydrogen-bond donors (Lipinski definition) is 2. The van der Waals surface area contributed by atoms with Crippen molar-refractivity contribution >= 4 is 22.4 Å². The predicted octanol–water partition coefficient (Wildman–Crippen LogP) is 0.981. The summed E-state index contributed by atoms with van der Waals surface area (Å²) in [6, 6.07) is -0.205. The molecule has 2 heterocycles. The molecule has 2 aromatic heterocycles. The molecule has 0 fully saturated rings. The Balaban J connectivity index is 2.18. The summed E-state index contributed by atoms with van der Waals surface area (Å²) < 4.78 is 1.66. The van der Waals surface area contributed by atoms with E-state index in [2.05, 4.69) is 20.4 Å². The van der Waals surface area contributed by atoms with Crippen molar-refractivity contribution in [2.24, 2.45) is 13.0 Å². The van der Waals surface area contributed by atoms with Crippen LogP contribution >= 0.6 is 11.3 Å². The molecule has 0 aliphatic heterocycles. The van der Waals surface area contributed by atoms with Crippen molar-refractivity contribution in [1.82, 2.24) is 25.1 Å². The zero-order valence-electron chi connectivity index (χ0n) is 11.0. The Hall–Kier alpha value is -1.96. The maximum atomic E-state index is 12.1. The van der Waals surface area contributed by atoms with Gasteiger partial charge >= 0.3 is 0 Å². The van der Waals surface area contributed by atoms with E-state index in [4.69, 9.17) is 5.73 Å². The van der Waals surface area contributed by atoms with Gasteiger partial charge in [0.2, 0.25) is 0 Å². The molecular weight excluding hydrogens is 264 g/mol. The average Bonchev–Trinajstić information content (AvgIpc) is 2.94. The first-order valence-electron chi connectivity index (χ1n) is 5.85. The first-order valence-corrected chi connectivity index (χ1v) is 6.66. The zero-order chi connectivity index (χ0) is 14.0. The van der Waals surface area contributed by atoms with Crippen molar-refractivity contribution in [2.75, 3.05) is 5.73 Å². The van der Waals surface area contributed by atoms with Gasteiger partial charge in [0.25, 0.3) is 5.91 Å². The molecule has 8 heteroatoms. The SMILES string of the molecule is CC(C)[C@@H](NC(=O)c1cnc(N)s1)c1ncnn1C. The van der Waals surface area contributed by atoms with E-state index >= 15 is 0 Å². The number of nitrogens with zero attached hydrogens (tertiary/aromatic N) is 4. The lowest BCUT2D eigenvalue weighted by Gasteiger charge is -2.20. The Labute approximate surface area is 114 Å². The van der Waals surface area contributed by atoms with Crippen LogP contribution in [0.3, 0.4) is 0 Å². The predicted molar refractivity (Wildman–Crippen MR) is 72.6 cm³/mol. The summed E-state index contributed by atoms with van der Waals surface area (Å²) in [5, 5.41) is 7.35. The second-order valence-electron chi connectivity index (χ2n) is 4.50. The second kappa shape index (κ2) is 5.35. The number of carbonyl (C=O) groups excluding carboxylic acids is 1. The minimum atomic E-state index is -0.205. The largest absolute Gasteiger partial charge is 0.375 e. The van der Waals surface area contributed by atoms with Gasteiger partial charge in [-0.1, -0.05) is 25.2 Å². The number of nitrogens with two attached hydrogens (primary N) is 1. The lowest BCUT2D eigenvalue weighted by molar-refractivity contribution is 0.0926. The van der Waals surface area contributed by atoms with Gasteiger partial charge in [-0.15, -0.1) is 0 Å². The molecule has 0 saturated heterocycles. The standard InChI is InChI=1S/C11H16N6OS/c1-6(2)8(9-14-5-15-17(9)3)16-10(18)7-4-13-11(12)19-7/h4-6,8H,1-3H3,(H2,12,13)(H,16,18)/t8-/m1/s1. The van der Waals surface area contributed by atoms with Gasteiger partial charge in [0, 0.05) is 7.05 Å². The van der Waals surface area contributed by atoms with Crippen LogP contribution in [-0.4, -0.2) is 25.7 Å². The highest BCUT2D eigenvalue weighted by molar-refractivity contribution is 7.17. The summed E-state index contributed by atoms with van der Waals surface area (Å²) in [5.74, 6) is 0.717. The fourth-order valence-electron chi connectivity index (χ4n) is 1.72. The van der Waals surface area contributed by atoms with Crippen LogP contribution in [0.4, 0.5) is 5.13 Å². The van der Waals surface area contributed by atoms with Gasteiger partial charge in [0.15, 0.2) is 5.13 Å². The molecular formula is C11H16N6OS. The van der Waals surface area contributed by atoms with E-state index < -0.39 is 0 Å². The lowest BCUT2D eigenvalue weighted by Crippen LogP contribution is -2.33. The average molecular weight is 280 g/mol. The van der Waals surface area contributed by atoms with Gasteiger partial charge in [0.05, 0.1) is 12.2 Å². The van der Waals surface area contributed by atoms with Crippen LogP contribution in [0.1, 0.15) is 35.4 Å². The molecule has 0 aromatic carbocycles. The highest BCUT2D eigenvalue weighted by Gasteiger charge is 2.23. The molecule has 3 N–H and O–H groups in total. The van der Waals surface area contributed by atoms with Crippen molar-refractivity contribution in [1.29, 1.82) is 0 Å². The highest BCUT2D eigenvalue weighted by atomic mass is 32.1. The van der Waals surface area contributed by atoms with Crippen molar-refractivity contribution in [3.63, 3.8) is 0 Å². The normalized spacial score (nSPS) is 12.6. The molecule has 0 aliphatic carbocycles. The van der Waals surface area contributed by atoms with Crippen LogP contribution in [-0.2, 0) is 7.05 Å². The topological polar surface area (TPSA) is 98.7 Å². The number of rotatable bonds is 4. The summed E-state index contributed by atoms with van der Waals surface area (Å²) in [4.78, 5) is 20.7. The molecule has 0 spiro atoms. The Kier molecular flexibility index (Phi) is 3.79. The van der Waals surface area contributed by atoms with Gasteiger partial charge in [0.1, 0.15) is 17.0 Å². The van der Waals surface area contributed by atoms with Gasteiger partial charge in [-0.3, -0.25) is 9.48 Å². The van der Waals surface area contributed by atoms with Crippen LogP contribution in [0.2, 0.25) is 0 Å². The molecule has 0 saturated carbocycles. The third-order valence-corrected chi connectivity index (χ3v) is 3.55. The molecule has 2 aromatic rings. The minimum absolute atomic E-state index is 0.192. The Morgan fingerprint density at radius 3 is 2.68 bits per heavy atom. The van der Waals surface area contributed by atoms with E-state index in [1.165, 1.54) is 12.5 Å². The number of aromatic nitrogens is 4. The van der Waals surface area contributed by atoms with E-state index in [1.54, 1.807) is 11.7 Å².